The maximum Gasteiger partial charge on any atom is 0.219 e. The predicted octanol–water partition coefficient (Wildman–Crippen LogP) is 3.69. The largest absolute Gasteiger partial charge is 0.436 e. The number of rotatable bonds is 3. The molecule has 0 aliphatic carbocycles. The third-order valence-corrected chi connectivity index (χ3v) is 2.71. The molecule has 18 heavy (non-hydrogen) atoms. The highest BCUT2D eigenvalue weighted by Crippen LogP contribution is 2.28. The van der Waals surface area contributed by atoms with Crippen LogP contribution in [0.5, 0.6) is 11.6 Å². The number of hydrogen-bond acceptors (Lipinski definition) is 3. The number of hydrogen-bond donors (Lipinski definition) is 1. The minimum atomic E-state index is -0.604. The Bertz CT molecular complexity index is 560. The Balaban J connectivity index is 2.28. The van der Waals surface area contributed by atoms with Crippen LogP contribution in [0, 0.1) is 5.82 Å². The fourth-order valence-electron chi connectivity index (χ4n) is 1.44. The average molecular weight is 267 g/mol. The molecule has 3 nitrogen and oxygen atoms in total. The van der Waals surface area contributed by atoms with Gasteiger partial charge in [-0.15, -0.1) is 0 Å². The van der Waals surface area contributed by atoms with Crippen molar-refractivity contribution in [2.75, 3.05) is 0 Å². The Morgan fingerprint density at radius 3 is 2.89 bits per heavy atom. The van der Waals surface area contributed by atoms with E-state index < -0.39 is 5.82 Å². The van der Waals surface area contributed by atoms with Crippen molar-refractivity contribution in [2.45, 2.75) is 13.0 Å². The second kappa shape index (κ2) is 5.33. The van der Waals surface area contributed by atoms with Gasteiger partial charge in [-0.1, -0.05) is 17.7 Å². The molecule has 0 saturated carbocycles. The zero-order valence-corrected chi connectivity index (χ0v) is 10.5. The molecule has 0 amide bonds. The Morgan fingerprint density at radius 2 is 2.17 bits per heavy atom. The average Bonchev–Trinajstić information content (AvgIpc) is 2.35. The van der Waals surface area contributed by atoms with Gasteiger partial charge in [0.05, 0.1) is 5.02 Å². The first kappa shape index (κ1) is 12.8. The van der Waals surface area contributed by atoms with Gasteiger partial charge in [0, 0.05) is 18.3 Å². The molecule has 1 aromatic heterocycles. The molecule has 94 valence electrons. The fourth-order valence-corrected chi connectivity index (χ4v) is 1.61. The molecule has 0 aliphatic rings. The first-order chi connectivity index (χ1) is 8.58. The van der Waals surface area contributed by atoms with E-state index in [-0.39, 0.29) is 22.7 Å². The van der Waals surface area contributed by atoms with Gasteiger partial charge in [-0.25, -0.2) is 9.37 Å². The molecule has 0 aliphatic heterocycles. The van der Waals surface area contributed by atoms with Crippen LogP contribution in [0.4, 0.5) is 4.39 Å². The summed E-state index contributed by atoms with van der Waals surface area (Å²) in [6, 6.07) is 7.86. The molecule has 2 aromatic rings. The molecular weight excluding hydrogens is 255 g/mol. The van der Waals surface area contributed by atoms with Gasteiger partial charge >= 0.3 is 0 Å². The van der Waals surface area contributed by atoms with Crippen molar-refractivity contribution in [1.82, 2.24) is 4.98 Å². The third-order valence-electron chi connectivity index (χ3n) is 2.42. The van der Waals surface area contributed by atoms with Crippen molar-refractivity contribution >= 4 is 11.6 Å². The number of benzene rings is 1. The van der Waals surface area contributed by atoms with Crippen molar-refractivity contribution in [2.24, 2.45) is 5.73 Å². The van der Waals surface area contributed by atoms with Crippen LogP contribution in [0.2, 0.25) is 5.02 Å². The maximum atomic E-state index is 13.6. The molecule has 5 heteroatoms. The van der Waals surface area contributed by atoms with E-state index in [2.05, 4.69) is 4.98 Å². The molecule has 1 heterocycles. The highest BCUT2D eigenvalue weighted by molar-refractivity contribution is 6.30. The quantitative estimate of drug-likeness (QED) is 0.922. The zero-order valence-electron chi connectivity index (χ0n) is 9.73. The molecule has 1 aromatic carbocycles. The van der Waals surface area contributed by atoms with Crippen molar-refractivity contribution in [3.63, 3.8) is 0 Å². The summed E-state index contributed by atoms with van der Waals surface area (Å²) in [5.41, 5.74) is 6.61. The van der Waals surface area contributed by atoms with Gasteiger partial charge < -0.3 is 10.5 Å². The Labute approximate surface area is 109 Å². The van der Waals surface area contributed by atoms with Crippen molar-refractivity contribution < 1.29 is 9.13 Å². The van der Waals surface area contributed by atoms with Gasteiger partial charge in [-0.05, 0) is 30.7 Å². The van der Waals surface area contributed by atoms with E-state index >= 15 is 0 Å². The van der Waals surface area contributed by atoms with Crippen LogP contribution >= 0.6 is 11.6 Å². The number of nitrogens with zero attached hydrogens (tertiary/aromatic N) is 1. The van der Waals surface area contributed by atoms with E-state index in [0.29, 0.717) is 0 Å². The minimum absolute atomic E-state index is 0.0100. The lowest BCUT2D eigenvalue weighted by atomic mass is 10.1. The van der Waals surface area contributed by atoms with E-state index in [1.54, 1.807) is 24.4 Å². The summed E-state index contributed by atoms with van der Waals surface area (Å²) in [6.07, 6.45) is 1.57. The molecule has 0 unspecified atom stereocenters. The molecule has 2 rings (SSSR count). The SMILES string of the molecule is C[C@H](N)c1ccnc(Oc2cccc(Cl)c2F)c1. The van der Waals surface area contributed by atoms with Crippen LogP contribution in [0.15, 0.2) is 36.5 Å². The molecule has 0 saturated heterocycles. The van der Waals surface area contributed by atoms with Crippen LogP contribution in [0.1, 0.15) is 18.5 Å². The fraction of sp³-hybridized carbons (Fsp3) is 0.154. The minimum Gasteiger partial charge on any atom is -0.436 e. The second-order valence-electron chi connectivity index (χ2n) is 3.87. The predicted molar refractivity (Wildman–Crippen MR) is 68.3 cm³/mol. The maximum absolute atomic E-state index is 13.6. The molecule has 0 spiro atoms. The number of aromatic nitrogens is 1. The summed E-state index contributed by atoms with van der Waals surface area (Å²) in [4.78, 5) is 4.00. The highest BCUT2D eigenvalue weighted by atomic mass is 35.5. The van der Waals surface area contributed by atoms with Gasteiger partial charge in [-0.3, -0.25) is 0 Å². The van der Waals surface area contributed by atoms with Gasteiger partial charge in [0.15, 0.2) is 11.6 Å². The number of nitrogens with two attached hydrogens (primary N) is 1. The lowest BCUT2D eigenvalue weighted by Crippen LogP contribution is -2.05. The summed E-state index contributed by atoms with van der Waals surface area (Å²) >= 11 is 5.67. The van der Waals surface area contributed by atoms with Crippen LogP contribution in [0.3, 0.4) is 0 Å². The Hall–Kier alpha value is -1.65. The monoisotopic (exact) mass is 266 g/mol. The van der Waals surface area contributed by atoms with Crippen LogP contribution in [0.25, 0.3) is 0 Å². The summed E-state index contributed by atoms with van der Waals surface area (Å²) in [7, 11) is 0. The summed E-state index contributed by atoms with van der Waals surface area (Å²) in [5.74, 6) is -0.282. The lowest BCUT2D eigenvalue weighted by molar-refractivity contribution is 0.426. The topological polar surface area (TPSA) is 48.1 Å². The molecule has 0 radical (unpaired) electrons. The number of pyridine rings is 1. The van der Waals surface area contributed by atoms with Gasteiger partial charge in [0.1, 0.15) is 0 Å². The van der Waals surface area contributed by atoms with Crippen LogP contribution in [-0.4, -0.2) is 4.98 Å². The van der Waals surface area contributed by atoms with E-state index in [1.165, 1.54) is 12.1 Å². The Kier molecular flexibility index (Phi) is 3.79. The summed E-state index contributed by atoms with van der Waals surface area (Å²) < 4.78 is 19.0. The first-order valence-electron chi connectivity index (χ1n) is 5.41. The normalized spacial score (nSPS) is 12.2. The highest BCUT2D eigenvalue weighted by Gasteiger charge is 2.10. The van der Waals surface area contributed by atoms with Crippen molar-refractivity contribution in [1.29, 1.82) is 0 Å². The molecule has 0 fully saturated rings. The number of ether oxygens (including phenoxy) is 1. The lowest BCUT2D eigenvalue weighted by Gasteiger charge is -2.09. The smallest absolute Gasteiger partial charge is 0.219 e. The van der Waals surface area contributed by atoms with Gasteiger partial charge in [-0.2, -0.15) is 0 Å². The van der Waals surface area contributed by atoms with E-state index in [0.717, 1.165) is 5.56 Å². The van der Waals surface area contributed by atoms with Crippen LogP contribution in [-0.2, 0) is 0 Å². The number of halogens is 2. The second-order valence-corrected chi connectivity index (χ2v) is 4.28. The first-order valence-corrected chi connectivity index (χ1v) is 5.79. The zero-order chi connectivity index (χ0) is 13.1. The van der Waals surface area contributed by atoms with Crippen LogP contribution < -0.4 is 10.5 Å². The van der Waals surface area contributed by atoms with Gasteiger partial charge in [0.25, 0.3) is 0 Å². The van der Waals surface area contributed by atoms with Crippen molar-refractivity contribution in [3.05, 3.63) is 52.9 Å². The summed E-state index contributed by atoms with van der Waals surface area (Å²) in [5, 5.41) is 0.0100. The van der Waals surface area contributed by atoms with E-state index in [9.17, 15) is 4.39 Å². The van der Waals surface area contributed by atoms with Crippen molar-refractivity contribution in [3.8, 4) is 11.6 Å². The van der Waals surface area contributed by atoms with E-state index in [4.69, 9.17) is 22.1 Å². The molecule has 2 N–H and O–H groups in total. The molecular formula is C13H12ClFN2O. The molecule has 1 atom stereocenters. The van der Waals surface area contributed by atoms with Gasteiger partial charge in [0.2, 0.25) is 5.88 Å². The Morgan fingerprint density at radius 1 is 1.39 bits per heavy atom. The van der Waals surface area contributed by atoms with E-state index in [1.807, 2.05) is 6.92 Å². The standard InChI is InChI=1S/C13H12ClFN2O/c1-8(16)9-5-6-17-12(7-9)18-11-4-2-3-10(14)13(11)15/h2-8H,16H2,1H3/t8-/m0/s1. The summed E-state index contributed by atoms with van der Waals surface area (Å²) in [6.45, 7) is 1.85. The molecule has 0 bridgehead atoms. The third kappa shape index (κ3) is 2.78.